The van der Waals surface area contributed by atoms with Gasteiger partial charge in [-0.25, -0.2) is 0 Å². The van der Waals surface area contributed by atoms with E-state index in [2.05, 4.69) is 10.3 Å². The highest BCUT2D eigenvalue weighted by molar-refractivity contribution is 6.30. The number of nitrogens with zero attached hydrogens (tertiary/aromatic N) is 1. The third-order valence-electron chi connectivity index (χ3n) is 2.25. The van der Waals surface area contributed by atoms with Crippen molar-refractivity contribution in [3.8, 4) is 11.1 Å². The maximum atomic E-state index is 5.84. The quantitative estimate of drug-likeness (QED) is 0.835. The molecule has 0 atom stereocenters. The van der Waals surface area contributed by atoms with Crippen molar-refractivity contribution < 1.29 is 0 Å². The van der Waals surface area contributed by atoms with Gasteiger partial charge < -0.3 is 5.32 Å². The van der Waals surface area contributed by atoms with E-state index in [1.165, 1.54) is 0 Å². The molecule has 0 amide bonds. The average Bonchev–Trinajstić information content (AvgIpc) is 2.30. The molecular formula is C12H11ClN2. The second-order valence-corrected chi connectivity index (χ2v) is 3.61. The second kappa shape index (κ2) is 4.32. The third kappa shape index (κ3) is 2.10. The molecule has 0 saturated heterocycles. The largest absolute Gasteiger partial charge is 0.386 e. The number of hydrogen-bond acceptors (Lipinski definition) is 2. The van der Waals surface area contributed by atoms with Crippen LogP contribution in [0.3, 0.4) is 0 Å². The summed E-state index contributed by atoms with van der Waals surface area (Å²) in [6, 6.07) is 9.75. The predicted molar refractivity (Wildman–Crippen MR) is 64.2 cm³/mol. The van der Waals surface area contributed by atoms with E-state index in [4.69, 9.17) is 11.6 Å². The lowest BCUT2D eigenvalue weighted by Gasteiger charge is -2.07. The van der Waals surface area contributed by atoms with Crippen LogP contribution in [-0.4, -0.2) is 12.0 Å². The van der Waals surface area contributed by atoms with Crippen molar-refractivity contribution in [2.75, 3.05) is 12.4 Å². The summed E-state index contributed by atoms with van der Waals surface area (Å²) < 4.78 is 0. The van der Waals surface area contributed by atoms with Gasteiger partial charge in [-0.3, -0.25) is 4.98 Å². The van der Waals surface area contributed by atoms with Gasteiger partial charge >= 0.3 is 0 Å². The molecule has 0 radical (unpaired) electrons. The van der Waals surface area contributed by atoms with Crippen molar-refractivity contribution in [2.45, 2.75) is 0 Å². The molecule has 0 aliphatic heterocycles. The fourth-order valence-electron chi connectivity index (χ4n) is 1.47. The van der Waals surface area contributed by atoms with E-state index in [0.717, 1.165) is 21.8 Å². The topological polar surface area (TPSA) is 24.9 Å². The summed E-state index contributed by atoms with van der Waals surface area (Å²) in [5.41, 5.74) is 3.27. The van der Waals surface area contributed by atoms with Crippen LogP contribution in [0, 0.1) is 0 Å². The Labute approximate surface area is 93.9 Å². The van der Waals surface area contributed by atoms with E-state index < -0.39 is 0 Å². The van der Waals surface area contributed by atoms with E-state index in [0.29, 0.717) is 0 Å². The lowest BCUT2D eigenvalue weighted by molar-refractivity contribution is 1.31. The van der Waals surface area contributed by atoms with Crippen molar-refractivity contribution >= 4 is 17.3 Å². The predicted octanol–water partition coefficient (Wildman–Crippen LogP) is 3.44. The highest BCUT2D eigenvalue weighted by atomic mass is 35.5. The standard InChI is InChI=1S/C12H11ClN2/c1-14-12-8-15-7-6-11(12)9-2-4-10(13)5-3-9/h2-8,14H,1H3. The normalized spacial score (nSPS) is 10.0. The maximum absolute atomic E-state index is 5.84. The highest BCUT2D eigenvalue weighted by Gasteiger charge is 2.02. The molecule has 0 bridgehead atoms. The summed E-state index contributed by atoms with van der Waals surface area (Å²) in [5, 5.41) is 3.86. The molecule has 0 unspecified atom stereocenters. The average molecular weight is 219 g/mol. The van der Waals surface area contributed by atoms with Gasteiger partial charge in [0.1, 0.15) is 0 Å². The molecular weight excluding hydrogens is 208 g/mol. The minimum absolute atomic E-state index is 0.749. The van der Waals surface area contributed by atoms with Crippen molar-refractivity contribution in [2.24, 2.45) is 0 Å². The van der Waals surface area contributed by atoms with Crippen LogP contribution in [-0.2, 0) is 0 Å². The van der Waals surface area contributed by atoms with E-state index in [-0.39, 0.29) is 0 Å². The molecule has 1 aromatic carbocycles. The lowest BCUT2D eigenvalue weighted by atomic mass is 10.1. The number of halogens is 1. The summed E-state index contributed by atoms with van der Waals surface area (Å²) in [6.45, 7) is 0. The molecule has 0 spiro atoms. The zero-order valence-corrected chi connectivity index (χ0v) is 9.12. The number of hydrogen-bond donors (Lipinski definition) is 1. The van der Waals surface area contributed by atoms with Gasteiger partial charge in [-0.2, -0.15) is 0 Å². The Hall–Kier alpha value is -1.54. The number of anilines is 1. The molecule has 76 valence electrons. The first-order valence-corrected chi connectivity index (χ1v) is 5.07. The molecule has 15 heavy (non-hydrogen) atoms. The van der Waals surface area contributed by atoms with Gasteiger partial charge in [0.05, 0.1) is 11.9 Å². The van der Waals surface area contributed by atoms with Crippen molar-refractivity contribution in [1.82, 2.24) is 4.98 Å². The summed E-state index contributed by atoms with van der Waals surface area (Å²) in [4.78, 5) is 4.07. The molecule has 2 rings (SSSR count). The van der Waals surface area contributed by atoms with Crippen molar-refractivity contribution in [3.05, 3.63) is 47.7 Å². The van der Waals surface area contributed by atoms with Crippen LogP contribution in [0.2, 0.25) is 5.02 Å². The molecule has 2 nitrogen and oxygen atoms in total. The van der Waals surface area contributed by atoms with Crippen LogP contribution in [0.25, 0.3) is 11.1 Å². The number of aromatic nitrogens is 1. The zero-order valence-electron chi connectivity index (χ0n) is 8.37. The van der Waals surface area contributed by atoms with Gasteiger partial charge in [0.15, 0.2) is 0 Å². The summed E-state index contributed by atoms with van der Waals surface area (Å²) in [5.74, 6) is 0. The summed E-state index contributed by atoms with van der Waals surface area (Å²) in [6.07, 6.45) is 3.59. The first-order valence-electron chi connectivity index (χ1n) is 4.69. The molecule has 0 fully saturated rings. The fourth-order valence-corrected chi connectivity index (χ4v) is 1.60. The van der Waals surface area contributed by atoms with Crippen LogP contribution in [0.4, 0.5) is 5.69 Å². The first kappa shape index (κ1) is 9.99. The van der Waals surface area contributed by atoms with Crippen LogP contribution in [0.1, 0.15) is 0 Å². The third-order valence-corrected chi connectivity index (χ3v) is 2.50. The van der Waals surface area contributed by atoms with Crippen LogP contribution in [0.5, 0.6) is 0 Å². The fraction of sp³-hybridized carbons (Fsp3) is 0.0833. The van der Waals surface area contributed by atoms with Crippen molar-refractivity contribution in [3.63, 3.8) is 0 Å². The lowest BCUT2D eigenvalue weighted by Crippen LogP contribution is -1.92. The Balaban J connectivity index is 2.49. The minimum atomic E-state index is 0.749. The van der Waals surface area contributed by atoms with Crippen molar-refractivity contribution in [1.29, 1.82) is 0 Å². The Morgan fingerprint density at radius 1 is 1.13 bits per heavy atom. The number of pyridine rings is 1. The zero-order chi connectivity index (χ0) is 10.7. The van der Waals surface area contributed by atoms with Gasteiger partial charge in [0, 0.05) is 23.8 Å². The van der Waals surface area contributed by atoms with E-state index in [1.807, 2.05) is 43.6 Å². The maximum Gasteiger partial charge on any atom is 0.0603 e. The Bertz CT molecular complexity index is 451. The molecule has 0 saturated carbocycles. The monoisotopic (exact) mass is 218 g/mol. The molecule has 3 heteroatoms. The summed E-state index contributed by atoms with van der Waals surface area (Å²) in [7, 11) is 1.89. The molecule has 0 aliphatic rings. The highest BCUT2D eigenvalue weighted by Crippen LogP contribution is 2.27. The van der Waals surface area contributed by atoms with Gasteiger partial charge in [0.2, 0.25) is 0 Å². The molecule has 0 aliphatic carbocycles. The van der Waals surface area contributed by atoms with Gasteiger partial charge in [-0.1, -0.05) is 23.7 Å². The smallest absolute Gasteiger partial charge is 0.0603 e. The number of benzene rings is 1. The number of rotatable bonds is 2. The van der Waals surface area contributed by atoms with Gasteiger partial charge in [-0.15, -0.1) is 0 Å². The van der Waals surface area contributed by atoms with Crippen LogP contribution < -0.4 is 5.32 Å². The Kier molecular flexibility index (Phi) is 2.88. The van der Waals surface area contributed by atoms with Crippen LogP contribution in [0.15, 0.2) is 42.7 Å². The van der Waals surface area contributed by atoms with Gasteiger partial charge in [-0.05, 0) is 23.8 Å². The Morgan fingerprint density at radius 2 is 1.87 bits per heavy atom. The molecule has 1 heterocycles. The Morgan fingerprint density at radius 3 is 2.53 bits per heavy atom. The van der Waals surface area contributed by atoms with Crippen LogP contribution >= 0.6 is 11.6 Å². The molecule has 2 aromatic rings. The second-order valence-electron chi connectivity index (χ2n) is 3.18. The minimum Gasteiger partial charge on any atom is -0.386 e. The summed E-state index contributed by atoms with van der Waals surface area (Å²) >= 11 is 5.84. The number of nitrogens with one attached hydrogen (secondary N) is 1. The molecule has 1 aromatic heterocycles. The van der Waals surface area contributed by atoms with E-state index in [1.54, 1.807) is 6.20 Å². The first-order chi connectivity index (χ1) is 7.31. The SMILES string of the molecule is CNc1cnccc1-c1ccc(Cl)cc1. The molecule has 1 N–H and O–H groups in total. The van der Waals surface area contributed by atoms with E-state index >= 15 is 0 Å². The van der Waals surface area contributed by atoms with E-state index in [9.17, 15) is 0 Å². The van der Waals surface area contributed by atoms with Gasteiger partial charge in [0.25, 0.3) is 0 Å².